The molecule has 1 aliphatic carbocycles. The van der Waals surface area contributed by atoms with Gasteiger partial charge in [0, 0.05) is 37.6 Å². The molecule has 0 aromatic heterocycles. The maximum absolute atomic E-state index is 12.4. The van der Waals surface area contributed by atoms with E-state index in [-0.39, 0.29) is 11.5 Å². The molecule has 0 radical (unpaired) electrons. The monoisotopic (exact) mass is 416 g/mol. The Morgan fingerprint density at radius 3 is 2.63 bits per heavy atom. The molecule has 0 spiro atoms. The quantitative estimate of drug-likeness (QED) is 0.507. The van der Waals surface area contributed by atoms with Crippen molar-refractivity contribution in [1.29, 1.82) is 0 Å². The molecule has 0 bridgehead atoms. The van der Waals surface area contributed by atoms with Gasteiger partial charge >= 0.3 is 6.09 Å². The maximum atomic E-state index is 12.4. The number of benzene rings is 1. The van der Waals surface area contributed by atoms with E-state index >= 15 is 0 Å². The summed E-state index contributed by atoms with van der Waals surface area (Å²) in [4.78, 5) is 16.8. The van der Waals surface area contributed by atoms with Gasteiger partial charge in [0.1, 0.15) is 5.60 Å². The minimum atomic E-state index is -0.550. The van der Waals surface area contributed by atoms with Crippen LogP contribution < -0.4 is 16.0 Å². The smallest absolute Gasteiger partial charge is 0.408 e. The first-order chi connectivity index (χ1) is 14.1. The Labute approximate surface area is 180 Å². The Hall–Kier alpha value is -2.28. The van der Waals surface area contributed by atoms with Crippen LogP contribution in [0.15, 0.2) is 35.3 Å². The number of guanidine groups is 1. The number of fused-ring (bicyclic) bond motifs is 1. The zero-order valence-electron chi connectivity index (χ0n) is 19.0. The van der Waals surface area contributed by atoms with Gasteiger partial charge in [-0.1, -0.05) is 44.2 Å². The van der Waals surface area contributed by atoms with Gasteiger partial charge in [-0.25, -0.2) is 4.79 Å². The number of alkyl carbamates (subject to hydrolysis) is 1. The van der Waals surface area contributed by atoms with Crippen LogP contribution >= 0.6 is 0 Å². The molecule has 4 unspecified atom stereocenters. The molecule has 7 nitrogen and oxygen atoms in total. The lowest BCUT2D eigenvalue weighted by atomic mass is 9.57. The molecule has 1 heterocycles. The van der Waals surface area contributed by atoms with Crippen molar-refractivity contribution >= 4 is 12.1 Å². The SMILES string of the molecule is CN=C(NCC(NC(=O)OC(C)(C)C)c1ccccc1)NC1C2CCOC2C1(C)C. The van der Waals surface area contributed by atoms with E-state index in [4.69, 9.17) is 9.47 Å². The number of carbonyl (C=O) groups is 1. The molecule has 2 fully saturated rings. The van der Waals surface area contributed by atoms with Gasteiger partial charge in [-0.05, 0) is 32.8 Å². The van der Waals surface area contributed by atoms with Crippen LogP contribution in [0.25, 0.3) is 0 Å². The summed E-state index contributed by atoms with van der Waals surface area (Å²) in [6.07, 6.45) is 0.960. The van der Waals surface area contributed by atoms with Crippen LogP contribution in [0.2, 0.25) is 0 Å². The average Bonchev–Trinajstić information content (AvgIpc) is 3.13. The molecule has 7 heteroatoms. The molecular formula is C23H36N4O3. The second kappa shape index (κ2) is 8.84. The molecule has 1 aromatic carbocycles. The van der Waals surface area contributed by atoms with E-state index in [0.717, 1.165) is 24.6 Å². The fraction of sp³-hybridized carbons (Fsp3) is 0.652. The highest BCUT2D eigenvalue weighted by Gasteiger charge is 2.59. The Morgan fingerprint density at radius 1 is 1.30 bits per heavy atom. The summed E-state index contributed by atoms with van der Waals surface area (Å²) in [5.41, 5.74) is 0.512. The standard InChI is InChI=1S/C23H36N4O3/c1-22(2,3)30-21(28)26-17(15-10-8-7-9-11-15)14-25-20(24-6)27-18-16-12-13-29-19(16)23(18,4)5/h7-11,16-19H,12-14H2,1-6H3,(H,26,28)(H2,24,25,27). The third kappa shape index (κ3) is 5.06. The molecule has 1 saturated heterocycles. The van der Waals surface area contributed by atoms with Crippen molar-refractivity contribution in [2.24, 2.45) is 16.3 Å². The van der Waals surface area contributed by atoms with Crippen molar-refractivity contribution in [2.75, 3.05) is 20.2 Å². The van der Waals surface area contributed by atoms with Gasteiger partial charge in [0.2, 0.25) is 0 Å². The number of hydrogen-bond donors (Lipinski definition) is 3. The Bertz CT molecular complexity index is 757. The highest BCUT2D eigenvalue weighted by atomic mass is 16.6. The highest BCUT2D eigenvalue weighted by Crippen LogP contribution is 2.52. The fourth-order valence-corrected chi connectivity index (χ4v) is 4.55. The second-order valence-corrected chi connectivity index (χ2v) is 9.75. The molecule has 166 valence electrons. The van der Waals surface area contributed by atoms with Crippen molar-refractivity contribution < 1.29 is 14.3 Å². The van der Waals surface area contributed by atoms with Gasteiger partial charge in [-0.3, -0.25) is 4.99 Å². The van der Waals surface area contributed by atoms with Gasteiger partial charge in [0.25, 0.3) is 0 Å². The average molecular weight is 417 g/mol. The normalized spacial score (nSPS) is 26.2. The van der Waals surface area contributed by atoms with Crippen LogP contribution in [0, 0.1) is 11.3 Å². The Kier molecular flexibility index (Phi) is 6.60. The van der Waals surface area contributed by atoms with Gasteiger partial charge in [0.05, 0.1) is 12.1 Å². The molecule has 1 aromatic rings. The van der Waals surface area contributed by atoms with E-state index in [0.29, 0.717) is 24.6 Å². The van der Waals surface area contributed by atoms with Gasteiger partial charge in [0.15, 0.2) is 5.96 Å². The van der Waals surface area contributed by atoms with Crippen LogP contribution in [0.4, 0.5) is 4.79 Å². The number of nitrogens with one attached hydrogen (secondary N) is 3. The summed E-state index contributed by atoms with van der Waals surface area (Å²) in [6.45, 7) is 11.4. The third-order valence-corrected chi connectivity index (χ3v) is 5.98. The summed E-state index contributed by atoms with van der Waals surface area (Å²) >= 11 is 0. The van der Waals surface area contributed by atoms with Crippen molar-refractivity contribution in [3.8, 4) is 0 Å². The number of nitrogens with zero attached hydrogens (tertiary/aromatic N) is 1. The van der Waals surface area contributed by atoms with E-state index in [2.05, 4.69) is 34.8 Å². The minimum absolute atomic E-state index is 0.0619. The van der Waals surface area contributed by atoms with E-state index in [9.17, 15) is 4.79 Å². The Morgan fingerprint density at radius 2 is 2.00 bits per heavy atom. The largest absolute Gasteiger partial charge is 0.444 e. The predicted molar refractivity (Wildman–Crippen MR) is 118 cm³/mol. The zero-order chi connectivity index (χ0) is 21.9. The number of rotatable bonds is 5. The molecule has 1 amide bonds. The molecular weight excluding hydrogens is 380 g/mol. The molecule has 4 atom stereocenters. The zero-order valence-corrected chi connectivity index (χ0v) is 19.0. The highest BCUT2D eigenvalue weighted by molar-refractivity contribution is 5.80. The lowest BCUT2D eigenvalue weighted by Gasteiger charge is -2.54. The van der Waals surface area contributed by atoms with Crippen molar-refractivity contribution in [3.05, 3.63) is 35.9 Å². The Balaban J connectivity index is 1.63. The first-order valence-electron chi connectivity index (χ1n) is 10.7. The molecule has 2 aliphatic rings. The maximum Gasteiger partial charge on any atom is 0.408 e. The van der Waals surface area contributed by atoms with Gasteiger partial charge in [-0.2, -0.15) is 0 Å². The predicted octanol–water partition coefficient (Wildman–Crippen LogP) is 3.23. The van der Waals surface area contributed by atoms with Crippen LogP contribution in [0.3, 0.4) is 0 Å². The number of aliphatic imine (C=N–C) groups is 1. The first kappa shape index (κ1) is 22.4. The summed E-state index contributed by atoms with van der Waals surface area (Å²) in [7, 11) is 1.77. The van der Waals surface area contributed by atoms with E-state index in [1.54, 1.807) is 7.05 Å². The van der Waals surface area contributed by atoms with E-state index < -0.39 is 11.7 Å². The summed E-state index contributed by atoms with van der Waals surface area (Å²) < 4.78 is 11.3. The number of hydrogen-bond acceptors (Lipinski definition) is 4. The lowest BCUT2D eigenvalue weighted by molar-refractivity contribution is -0.106. The van der Waals surface area contributed by atoms with Crippen LogP contribution in [-0.4, -0.2) is 50.0 Å². The summed E-state index contributed by atoms with van der Waals surface area (Å²) in [6, 6.07) is 9.93. The van der Waals surface area contributed by atoms with Crippen LogP contribution in [0.5, 0.6) is 0 Å². The molecule has 3 rings (SSSR count). The van der Waals surface area contributed by atoms with Crippen molar-refractivity contribution in [1.82, 2.24) is 16.0 Å². The van der Waals surface area contributed by atoms with Crippen molar-refractivity contribution in [3.63, 3.8) is 0 Å². The molecule has 1 aliphatic heterocycles. The second-order valence-electron chi connectivity index (χ2n) is 9.75. The number of carbonyl (C=O) groups excluding carboxylic acids is 1. The topological polar surface area (TPSA) is 84.0 Å². The van der Waals surface area contributed by atoms with Crippen molar-refractivity contribution in [2.45, 2.75) is 64.8 Å². The van der Waals surface area contributed by atoms with Gasteiger partial charge in [-0.15, -0.1) is 0 Å². The fourth-order valence-electron chi connectivity index (χ4n) is 4.55. The van der Waals surface area contributed by atoms with Crippen LogP contribution in [-0.2, 0) is 9.47 Å². The molecule has 30 heavy (non-hydrogen) atoms. The lowest BCUT2D eigenvalue weighted by Crippen LogP contribution is -2.68. The van der Waals surface area contributed by atoms with E-state index in [1.807, 2.05) is 51.1 Å². The van der Waals surface area contributed by atoms with Gasteiger partial charge < -0.3 is 25.4 Å². The number of ether oxygens (including phenoxy) is 2. The minimum Gasteiger partial charge on any atom is -0.444 e. The summed E-state index contributed by atoms with van der Waals surface area (Å²) in [5, 5.41) is 9.94. The van der Waals surface area contributed by atoms with E-state index in [1.165, 1.54) is 0 Å². The first-order valence-corrected chi connectivity index (χ1v) is 10.7. The molecule has 3 N–H and O–H groups in total. The molecule has 1 saturated carbocycles. The summed E-state index contributed by atoms with van der Waals surface area (Å²) in [5.74, 6) is 1.24. The number of amides is 1. The van der Waals surface area contributed by atoms with Crippen LogP contribution in [0.1, 0.15) is 52.6 Å². The third-order valence-electron chi connectivity index (χ3n) is 5.98.